The molecular formula is C56H107NO10. The van der Waals surface area contributed by atoms with Gasteiger partial charge in [0.2, 0.25) is 5.91 Å². The van der Waals surface area contributed by atoms with Crippen LogP contribution >= 0.6 is 0 Å². The molecule has 11 nitrogen and oxygen atoms in total. The number of amides is 1. The highest BCUT2D eigenvalue weighted by Crippen LogP contribution is 2.23. The van der Waals surface area contributed by atoms with Crippen LogP contribution in [-0.2, 0) is 14.3 Å². The van der Waals surface area contributed by atoms with E-state index < -0.39 is 74.2 Å². The minimum absolute atomic E-state index is 0.239. The summed E-state index contributed by atoms with van der Waals surface area (Å²) in [6.45, 7) is 3.39. The second-order valence-corrected chi connectivity index (χ2v) is 20.0. The molecule has 67 heavy (non-hydrogen) atoms. The summed E-state index contributed by atoms with van der Waals surface area (Å²) < 4.78 is 11.1. The molecule has 1 heterocycles. The topological polar surface area (TPSA) is 189 Å². The molecule has 1 amide bonds. The monoisotopic (exact) mass is 954 g/mol. The minimum atomic E-state index is -1.67. The third-order valence-corrected chi connectivity index (χ3v) is 13.7. The standard InChI is InChI=1S/C56H107NO10/c1-3-5-7-9-11-13-15-16-17-18-19-20-21-22-23-24-25-26-27-28-29-30-31-32-33-34-36-37-39-41-43-48(59)51(61)47(46-66-56-54(64)53(63)52(62)50(45-58)67-56)57-55(65)49(60)44-42-40-38-35-14-12-10-8-6-4-2/h10,12,36-37,47-54,56,58-64H,3-9,11,13-35,38-46H2,1-2H3,(H,57,65)/b12-10-,37-36+. The molecule has 0 spiro atoms. The fourth-order valence-electron chi connectivity index (χ4n) is 9.07. The maximum Gasteiger partial charge on any atom is 0.249 e. The maximum absolute atomic E-state index is 13.1. The van der Waals surface area contributed by atoms with Gasteiger partial charge in [0.1, 0.15) is 36.6 Å². The minimum Gasteiger partial charge on any atom is -0.394 e. The van der Waals surface area contributed by atoms with Gasteiger partial charge in [0.15, 0.2) is 6.29 Å². The van der Waals surface area contributed by atoms with E-state index in [1.807, 2.05) is 0 Å². The van der Waals surface area contributed by atoms with Crippen molar-refractivity contribution in [2.24, 2.45) is 0 Å². The highest BCUT2D eigenvalue weighted by atomic mass is 16.7. The summed E-state index contributed by atoms with van der Waals surface area (Å²) in [6, 6.07) is -1.19. The van der Waals surface area contributed by atoms with Crippen LogP contribution in [0.25, 0.3) is 0 Å². The van der Waals surface area contributed by atoms with E-state index >= 15 is 0 Å². The third kappa shape index (κ3) is 34.5. The number of carbonyl (C=O) groups excluding carboxylic acids is 1. The average molecular weight is 954 g/mol. The normalized spacial score (nSPS) is 20.8. The van der Waals surface area contributed by atoms with E-state index in [1.54, 1.807) is 0 Å². The lowest BCUT2D eigenvalue weighted by molar-refractivity contribution is -0.303. The van der Waals surface area contributed by atoms with E-state index in [0.717, 1.165) is 51.4 Å². The highest BCUT2D eigenvalue weighted by Gasteiger charge is 2.44. The molecule has 1 fully saturated rings. The summed E-state index contributed by atoms with van der Waals surface area (Å²) in [5.74, 6) is -0.716. The van der Waals surface area contributed by atoms with Gasteiger partial charge in [-0.1, -0.05) is 224 Å². The van der Waals surface area contributed by atoms with Gasteiger partial charge in [-0.05, 0) is 57.8 Å². The van der Waals surface area contributed by atoms with Crippen LogP contribution in [0.15, 0.2) is 24.3 Å². The molecule has 0 aromatic carbocycles. The maximum atomic E-state index is 13.1. The number of hydrogen-bond donors (Lipinski definition) is 8. The van der Waals surface area contributed by atoms with Crippen LogP contribution in [0.1, 0.15) is 258 Å². The summed E-state index contributed by atoms with van der Waals surface area (Å²) in [4.78, 5) is 13.1. The summed E-state index contributed by atoms with van der Waals surface area (Å²) in [6.07, 6.45) is 42.8. The lowest BCUT2D eigenvalue weighted by Gasteiger charge is -2.40. The third-order valence-electron chi connectivity index (χ3n) is 13.7. The van der Waals surface area contributed by atoms with E-state index in [0.29, 0.717) is 12.8 Å². The van der Waals surface area contributed by atoms with Crippen molar-refractivity contribution in [3.8, 4) is 0 Å². The number of aliphatic hydroxyl groups is 7. The zero-order valence-electron chi connectivity index (χ0n) is 43.1. The van der Waals surface area contributed by atoms with Crippen molar-refractivity contribution in [2.75, 3.05) is 13.2 Å². The van der Waals surface area contributed by atoms with Gasteiger partial charge in [-0.15, -0.1) is 0 Å². The van der Waals surface area contributed by atoms with Crippen LogP contribution in [0.3, 0.4) is 0 Å². The van der Waals surface area contributed by atoms with Crippen molar-refractivity contribution in [1.29, 1.82) is 0 Å². The van der Waals surface area contributed by atoms with E-state index in [4.69, 9.17) is 9.47 Å². The van der Waals surface area contributed by atoms with Gasteiger partial charge in [0.25, 0.3) is 0 Å². The van der Waals surface area contributed by atoms with Gasteiger partial charge in [-0.3, -0.25) is 4.79 Å². The number of unbranched alkanes of at least 4 members (excludes halogenated alkanes) is 32. The molecule has 1 aliphatic heterocycles. The van der Waals surface area contributed by atoms with Gasteiger partial charge in [-0.25, -0.2) is 0 Å². The lowest BCUT2D eigenvalue weighted by Crippen LogP contribution is -2.60. The Kier molecular flexibility index (Phi) is 43.4. The van der Waals surface area contributed by atoms with Crippen LogP contribution in [-0.4, -0.2) is 110 Å². The van der Waals surface area contributed by atoms with Gasteiger partial charge in [-0.2, -0.15) is 0 Å². The summed E-state index contributed by atoms with van der Waals surface area (Å²) in [7, 11) is 0. The number of allylic oxidation sites excluding steroid dienone is 4. The molecule has 0 aliphatic carbocycles. The van der Waals surface area contributed by atoms with Crippen LogP contribution in [0, 0.1) is 0 Å². The van der Waals surface area contributed by atoms with E-state index in [1.165, 1.54) is 167 Å². The first-order chi connectivity index (χ1) is 32.7. The van der Waals surface area contributed by atoms with Crippen molar-refractivity contribution in [3.63, 3.8) is 0 Å². The van der Waals surface area contributed by atoms with E-state index in [2.05, 4.69) is 43.5 Å². The molecule has 0 aromatic rings. The highest BCUT2D eigenvalue weighted by molar-refractivity contribution is 5.80. The van der Waals surface area contributed by atoms with Crippen molar-refractivity contribution in [2.45, 2.75) is 313 Å². The Morgan fingerprint density at radius 1 is 0.507 bits per heavy atom. The Morgan fingerprint density at radius 2 is 0.896 bits per heavy atom. The van der Waals surface area contributed by atoms with E-state index in [9.17, 15) is 40.5 Å². The number of rotatable bonds is 48. The Bertz CT molecular complexity index is 1140. The lowest BCUT2D eigenvalue weighted by atomic mass is 9.98. The predicted molar refractivity (Wildman–Crippen MR) is 275 cm³/mol. The van der Waals surface area contributed by atoms with Crippen molar-refractivity contribution >= 4 is 5.91 Å². The molecule has 9 atom stereocenters. The number of hydrogen-bond acceptors (Lipinski definition) is 10. The molecule has 1 rings (SSSR count). The summed E-state index contributed by atoms with van der Waals surface area (Å²) >= 11 is 0. The number of carbonyl (C=O) groups is 1. The molecule has 11 heteroatoms. The second-order valence-electron chi connectivity index (χ2n) is 20.0. The zero-order chi connectivity index (χ0) is 49.0. The molecule has 9 unspecified atom stereocenters. The average Bonchev–Trinajstić information content (AvgIpc) is 3.33. The van der Waals surface area contributed by atoms with Crippen LogP contribution in [0.4, 0.5) is 0 Å². The van der Waals surface area contributed by atoms with Crippen LogP contribution < -0.4 is 5.32 Å². The van der Waals surface area contributed by atoms with Crippen molar-refractivity contribution in [3.05, 3.63) is 24.3 Å². The summed E-state index contributed by atoms with van der Waals surface area (Å²) in [5, 5.41) is 75.8. The van der Waals surface area contributed by atoms with Crippen LogP contribution in [0.5, 0.6) is 0 Å². The predicted octanol–water partition coefficient (Wildman–Crippen LogP) is 11.3. The molecule has 0 radical (unpaired) electrons. The second kappa shape index (κ2) is 45.7. The van der Waals surface area contributed by atoms with Gasteiger partial charge >= 0.3 is 0 Å². The van der Waals surface area contributed by atoms with Gasteiger partial charge < -0.3 is 50.5 Å². The first-order valence-electron chi connectivity index (χ1n) is 28.2. The zero-order valence-corrected chi connectivity index (χ0v) is 43.1. The fraction of sp³-hybridized carbons (Fsp3) is 0.911. The Morgan fingerprint density at radius 3 is 1.33 bits per heavy atom. The Balaban J connectivity index is 2.23. The molecule has 0 aromatic heterocycles. The Labute approximate surface area is 410 Å². The van der Waals surface area contributed by atoms with Crippen molar-refractivity contribution < 1.29 is 50.0 Å². The fourth-order valence-corrected chi connectivity index (χ4v) is 9.07. The molecule has 0 bridgehead atoms. The van der Waals surface area contributed by atoms with Crippen molar-refractivity contribution in [1.82, 2.24) is 5.32 Å². The Hall–Kier alpha value is -1.41. The molecule has 1 saturated heterocycles. The number of ether oxygens (including phenoxy) is 2. The molecule has 0 saturated carbocycles. The SMILES string of the molecule is CCCC/C=C\CCCCCCC(O)C(=O)NC(COC1OC(CO)C(O)C(O)C1O)C(O)C(O)CCC/C=C/CCCCCCCCCCCCCCCCCCCCCCCCCCC. The quantitative estimate of drug-likeness (QED) is 0.0215. The summed E-state index contributed by atoms with van der Waals surface area (Å²) in [5.41, 5.74) is 0. The number of nitrogens with one attached hydrogen (secondary N) is 1. The smallest absolute Gasteiger partial charge is 0.249 e. The molecule has 1 aliphatic rings. The number of aliphatic hydroxyl groups excluding tert-OH is 7. The van der Waals surface area contributed by atoms with Gasteiger partial charge in [0.05, 0.1) is 25.4 Å². The molecular weight excluding hydrogens is 847 g/mol. The van der Waals surface area contributed by atoms with Gasteiger partial charge in [0, 0.05) is 0 Å². The molecule has 8 N–H and O–H groups in total. The molecule has 396 valence electrons. The van der Waals surface area contributed by atoms with Crippen LogP contribution in [0.2, 0.25) is 0 Å². The van der Waals surface area contributed by atoms with E-state index in [-0.39, 0.29) is 12.8 Å². The first kappa shape index (κ1) is 63.6. The largest absolute Gasteiger partial charge is 0.394 e. The first-order valence-corrected chi connectivity index (χ1v) is 28.2.